The minimum absolute atomic E-state index is 0.255. The highest BCUT2D eigenvalue weighted by Crippen LogP contribution is 2.26. The monoisotopic (exact) mass is 514 g/mol. The number of hydrogen-bond donors (Lipinski definition) is 2. The van der Waals surface area contributed by atoms with Crippen LogP contribution in [0.3, 0.4) is 0 Å². The molecule has 2 aromatic carbocycles. The fraction of sp³-hybridized carbons (Fsp3) is 0.464. The first-order valence-corrected chi connectivity index (χ1v) is 13.5. The van der Waals surface area contributed by atoms with Crippen molar-refractivity contribution < 1.29 is 23.3 Å². The maximum atomic E-state index is 12.8. The molecule has 0 aliphatic rings. The van der Waals surface area contributed by atoms with E-state index in [1.807, 2.05) is 0 Å². The fourth-order valence-electron chi connectivity index (χ4n) is 3.64. The first kappa shape index (κ1) is 29.1. The zero-order valence-electron chi connectivity index (χ0n) is 21.6. The number of rotatable bonds is 15. The Bertz CT molecular complexity index is 1030. The third-order valence-corrected chi connectivity index (χ3v) is 6.36. The van der Waals surface area contributed by atoms with Gasteiger partial charge in [0.15, 0.2) is 0 Å². The van der Waals surface area contributed by atoms with E-state index >= 15 is 0 Å². The Morgan fingerprint density at radius 3 is 2.08 bits per heavy atom. The SMILES string of the molecule is CCCCCCCCCCOc1ccc(C(=O)Nc2cc(C(=O)NC(CC)=S=O)ccc2OC)cc1. The maximum absolute atomic E-state index is 12.8. The molecular weight excluding hydrogens is 476 g/mol. The summed E-state index contributed by atoms with van der Waals surface area (Å²) in [6, 6.07) is 11.7. The number of ether oxygens (including phenoxy) is 2. The van der Waals surface area contributed by atoms with E-state index in [-0.39, 0.29) is 17.2 Å². The molecule has 2 amide bonds. The average Bonchev–Trinajstić information content (AvgIpc) is 2.90. The van der Waals surface area contributed by atoms with Gasteiger partial charge in [0.25, 0.3) is 11.8 Å². The van der Waals surface area contributed by atoms with Gasteiger partial charge in [-0.1, -0.05) is 58.8 Å². The number of carbonyl (C=O) groups excluding carboxylic acids is 2. The molecule has 0 aliphatic heterocycles. The minimum Gasteiger partial charge on any atom is -0.495 e. The lowest BCUT2D eigenvalue weighted by molar-refractivity contribution is 0.0974. The lowest BCUT2D eigenvalue weighted by Gasteiger charge is -2.13. The predicted octanol–water partition coefficient (Wildman–Crippen LogP) is 5.95. The highest BCUT2D eigenvalue weighted by Gasteiger charge is 2.14. The number of hydrogen-bond acceptors (Lipinski definition) is 5. The van der Waals surface area contributed by atoms with E-state index in [4.69, 9.17) is 9.47 Å². The van der Waals surface area contributed by atoms with Crippen LogP contribution in [0.1, 0.15) is 92.4 Å². The van der Waals surface area contributed by atoms with Gasteiger partial charge in [-0.25, -0.2) is 4.21 Å². The number of unbranched alkanes of at least 4 members (excludes halogenated alkanes) is 7. The molecule has 36 heavy (non-hydrogen) atoms. The van der Waals surface area contributed by atoms with Gasteiger partial charge in [0, 0.05) is 11.1 Å². The molecule has 2 N–H and O–H groups in total. The van der Waals surface area contributed by atoms with Crippen molar-refractivity contribution in [3.05, 3.63) is 53.6 Å². The molecular formula is C28H38N2O5S. The number of carbonyl (C=O) groups is 2. The maximum Gasteiger partial charge on any atom is 0.256 e. The summed E-state index contributed by atoms with van der Waals surface area (Å²) in [5.41, 5.74) is 1.12. The fourth-order valence-corrected chi connectivity index (χ4v) is 3.89. The van der Waals surface area contributed by atoms with Crippen molar-refractivity contribution in [2.45, 2.75) is 71.6 Å². The second-order valence-corrected chi connectivity index (χ2v) is 9.19. The third kappa shape index (κ3) is 9.85. The zero-order chi connectivity index (χ0) is 26.2. The van der Waals surface area contributed by atoms with E-state index in [0.717, 1.165) is 12.2 Å². The molecule has 0 aromatic heterocycles. The minimum atomic E-state index is -0.425. The van der Waals surface area contributed by atoms with E-state index < -0.39 is 5.91 Å². The van der Waals surface area contributed by atoms with Gasteiger partial charge in [-0.05, 0) is 55.3 Å². The topological polar surface area (TPSA) is 93.7 Å². The van der Waals surface area contributed by atoms with E-state index in [9.17, 15) is 13.8 Å². The molecule has 0 aliphatic carbocycles. The lowest BCUT2D eigenvalue weighted by atomic mass is 10.1. The smallest absolute Gasteiger partial charge is 0.256 e. The van der Waals surface area contributed by atoms with Gasteiger partial charge in [-0.15, -0.1) is 0 Å². The summed E-state index contributed by atoms with van der Waals surface area (Å²) >= 11 is 0.255. The third-order valence-electron chi connectivity index (χ3n) is 5.77. The molecule has 196 valence electrons. The van der Waals surface area contributed by atoms with Gasteiger partial charge in [0.1, 0.15) is 27.7 Å². The van der Waals surface area contributed by atoms with Crippen molar-refractivity contribution in [3.63, 3.8) is 0 Å². The summed E-state index contributed by atoms with van der Waals surface area (Å²) in [5.74, 6) is 0.385. The first-order chi connectivity index (χ1) is 17.5. The van der Waals surface area contributed by atoms with E-state index in [1.165, 1.54) is 58.1 Å². The van der Waals surface area contributed by atoms with Crippen LogP contribution in [0.2, 0.25) is 0 Å². The molecule has 0 atom stereocenters. The van der Waals surface area contributed by atoms with E-state index in [2.05, 4.69) is 17.6 Å². The Morgan fingerprint density at radius 1 is 0.833 bits per heavy atom. The molecule has 0 unspecified atom stereocenters. The highest BCUT2D eigenvalue weighted by atomic mass is 32.1. The lowest BCUT2D eigenvalue weighted by Crippen LogP contribution is -2.30. The second kappa shape index (κ2) is 16.5. The van der Waals surface area contributed by atoms with Crippen LogP contribution in [-0.4, -0.2) is 34.7 Å². The molecule has 0 radical (unpaired) electrons. The van der Waals surface area contributed by atoms with E-state index in [0.29, 0.717) is 40.6 Å². The average molecular weight is 515 g/mol. The number of benzene rings is 2. The Hall–Kier alpha value is -3.13. The van der Waals surface area contributed by atoms with Crippen molar-refractivity contribution in [2.24, 2.45) is 0 Å². The molecule has 0 fully saturated rings. The number of methoxy groups -OCH3 is 1. The molecule has 7 nitrogen and oxygen atoms in total. The Balaban J connectivity index is 1.89. The van der Waals surface area contributed by atoms with Crippen LogP contribution in [0.25, 0.3) is 0 Å². The normalized spacial score (nSPS) is 10.4. The van der Waals surface area contributed by atoms with Crippen LogP contribution in [0, 0.1) is 0 Å². The number of nitrogens with one attached hydrogen (secondary N) is 2. The summed E-state index contributed by atoms with van der Waals surface area (Å²) in [4.78, 5) is 25.6. The second-order valence-electron chi connectivity index (χ2n) is 8.53. The van der Waals surface area contributed by atoms with E-state index in [1.54, 1.807) is 43.3 Å². The number of anilines is 1. The Labute approximate surface area is 218 Å². The van der Waals surface area contributed by atoms with Crippen molar-refractivity contribution in [2.75, 3.05) is 19.0 Å². The van der Waals surface area contributed by atoms with Crippen LogP contribution >= 0.6 is 0 Å². The molecule has 2 aromatic rings. The molecule has 0 saturated carbocycles. The predicted molar refractivity (Wildman–Crippen MR) is 146 cm³/mol. The van der Waals surface area contributed by atoms with Gasteiger partial charge in [0.2, 0.25) is 0 Å². The van der Waals surface area contributed by atoms with Crippen LogP contribution < -0.4 is 20.1 Å². The molecule has 0 heterocycles. The van der Waals surface area contributed by atoms with Crippen LogP contribution in [0.15, 0.2) is 42.5 Å². The zero-order valence-corrected chi connectivity index (χ0v) is 22.4. The largest absolute Gasteiger partial charge is 0.495 e. The van der Waals surface area contributed by atoms with Gasteiger partial charge in [-0.2, -0.15) is 0 Å². The van der Waals surface area contributed by atoms with Gasteiger partial charge >= 0.3 is 0 Å². The first-order valence-electron chi connectivity index (χ1n) is 12.7. The molecule has 0 bridgehead atoms. The van der Waals surface area contributed by atoms with Crippen molar-refractivity contribution in [3.8, 4) is 11.5 Å². The summed E-state index contributed by atoms with van der Waals surface area (Å²) < 4.78 is 22.2. The number of amides is 2. The standard InChI is InChI=1S/C28H38N2O5S/c1-4-6-7-8-9-10-11-12-19-35-23-16-13-21(14-17-23)27(31)29-24-20-22(15-18-25(24)34-3)28(32)30-26(5-2)36-33/h13-18,20H,4-12,19H2,1-3H3,(H,29,31)(H,30,32). The van der Waals surface area contributed by atoms with Gasteiger partial charge in [0.05, 0.1) is 19.4 Å². The Kier molecular flexibility index (Phi) is 13.4. The highest BCUT2D eigenvalue weighted by molar-refractivity contribution is 7.66. The van der Waals surface area contributed by atoms with Crippen LogP contribution in [0.5, 0.6) is 11.5 Å². The summed E-state index contributed by atoms with van der Waals surface area (Å²) in [5, 5.41) is 5.39. The van der Waals surface area contributed by atoms with Gasteiger partial charge < -0.3 is 20.1 Å². The van der Waals surface area contributed by atoms with Crippen molar-refractivity contribution in [1.82, 2.24) is 5.32 Å². The molecule has 0 saturated heterocycles. The van der Waals surface area contributed by atoms with Crippen molar-refractivity contribution in [1.29, 1.82) is 0 Å². The quantitative estimate of drug-likeness (QED) is 0.226. The molecule has 0 spiro atoms. The Morgan fingerprint density at radius 2 is 1.47 bits per heavy atom. The summed E-state index contributed by atoms with van der Waals surface area (Å²) in [7, 11) is 1.49. The molecule has 2 rings (SSSR count). The molecule has 8 heteroatoms. The van der Waals surface area contributed by atoms with Gasteiger partial charge in [-0.3, -0.25) is 9.59 Å². The van der Waals surface area contributed by atoms with Crippen LogP contribution in [-0.2, 0) is 11.3 Å². The summed E-state index contributed by atoms with van der Waals surface area (Å²) in [6.45, 7) is 4.68. The summed E-state index contributed by atoms with van der Waals surface area (Å²) in [6.07, 6.45) is 10.4. The van der Waals surface area contributed by atoms with Crippen LogP contribution in [0.4, 0.5) is 5.69 Å². The van der Waals surface area contributed by atoms with Crippen molar-refractivity contribution >= 4 is 33.7 Å².